The van der Waals surface area contributed by atoms with Crippen molar-refractivity contribution in [2.75, 3.05) is 20.6 Å². The van der Waals surface area contributed by atoms with E-state index in [0.29, 0.717) is 5.76 Å². The number of fused-ring (bicyclic) bond motifs is 1. The van der Waals surface area contributed by atoms with Gasteiger partial charge in [0.15, 0.2) is 0 Å². The highest BCUT2D eigenvalue weighted by Crippen LogP contribution is 2.26. The minimum atomic E-state index is -0.470. The van der Waals surface area contributed by atoms with Crippen LogP contribution in [-0.4, -0.2) is 48.2 Å². The second-order valence-electron chi connectivity index (χ2n) is 7.78. The monoisotopic (exact) mass is 435 g/mol. The lowest BCUT2D eigenvalue weighted by molar-refractivity contribution is 0.0631. The second kappa shape index (κ2) is 8.76. The largest absolute Gasteiger partial charge is 0.467 e. The van der Waals surface area contributed by atoms with Crippen LogP contribution in [0.5, 0.6) is 0 Å². The Hall–Kier alpha value is -3.78. The van der Waals surface area contributed by atoms with Crippen LogP contribution in [0.4, 0.5) is 4.39 Å². The fraction of sp³-hybridized carbons (Fsp3) is 0.208. The van der Waals surface area contributed by atoms with Gasteiger partial charge in [-0.25, -0.2) is 4.39 Å². The molecule has 7 nitrogen and oxygen atoms in total. The van der Waals surface area contributed by atoms with Crippen molar-refractivity contribution >= 4 is 17.7 Å². The number of furan rings is 1. The summed E-state index contributed by atoms with van der Waals surface area (Å²) < 4.78 is 18.9. The maximum Gasteiger partial charge on any atom is 0.261 e. The van der Waals surface area contributed by atoms with Crippen molar-refractivity contribution in [3.8, 4) is 0 Å². The van der Waals surface area contributed by atoms with Crippen LogP contribution in [0.2, 0.25) is 0 Å². The Morgan fingerprint density at radius 1 is 1.06 bits per heavy atom. The third-order valence-electron chi connectivity index (χ3n) is 5.44. The number of amides is 3. The predicted octanol–water partition coefficient (Wildman–Crippen LogP) is 3.25. The van der Waals surface area contributed by atoms with E-state index in [4.69, 9.17) is 4.42 Å². The molecule has 1 atom stereocenters. The van der Waals surface area contributed by atoms with Gasteiger partial charge in [0, 0.05) is 12.1 Å². The van der Waals surface area contributed by atoms with Crippen molar-refractivity contribution in [3.05, 3.63) is 94.7 Å². The summed E-state index contributed by atoms with van der Waals surface area (Å²) in [5, 5.41) is 2.84. The van der Waals surface area contributed by atoms with Crippen molar-refractivity contribution in [1.29, 1.82) is 0 Å². The zero-order valence-corrected chi connectivity index (χ0v) is 17.7. The van der Waals surface area contributed by atoms with Crippen molar-refractivity contribution in [2.45, 2.75) is 12.6 Å². The highest BCUT2D eigenvalue weighted by atomic mass is 19.1. The van der Waals surface area contributed by atoms with Crippen LogP contribution < -0.4 is 5.32 Å². The molecule has 0 aliphatic carbocycles. The van der Waals surface area contributed by atoms with Crippen molar-refractivity contribution in [2.24, 2.45) is 0 Å². The molecule has 4 rings (SSSR count). The Kier molecular flexibility index (Phi) is 5.87. The molecular weight excluding hydrogens is 413 g/mol. The van der Waals surface area contributed by atoms with E-state index < -0.39 is 11.8 Å². The van der Waals surface area contributed by atoms with Gasteiger partial charge >= 0.3 is 0 Å². The number of carbonyl (C=O) groups is 3. The minimum absolute atomic E-state index is 0.0268. The first-order valence-corrected chi connectivity index (χ1v) is 10.1. The average Bonchev–Trinajstić information content (AvgIpc) is 3.36. The number of benzene rings is 2. The van der Waals surface area contributed by atoms with Gasteiger partial charge in [-0.3, -0.25) is 19.3 Å². The van der Waals surface area contributed by atoms with Crippen LogP contribution in [0.15, 0.2) is 65.3 Å². The van der Waals surface area contributed by atoms with Gasteiger partial charge in [0.05, 0.1) is 30.0 Å². The van der Waals surface area contributed by atoms with E-state index in [1.54, 1.807) is 24.3 Å². The van der Waals surface area contributed by atoms with Crippen LogP contribution in [0, 0.1) is 5.82 Å². The summed E-state index contributed by atoms with van der Waals surface area (Å²) in [6, 6.07) is 13.8. The minimum Gasteiger partial charge on any atom is -0.467 e. The van der Waals surface area contributed by atoms with Crippen LogP contribution in [0.3, 0.4) is 0 Å². The summed E-state index contributed by atoms with van der Waals surface area (Å²) in [6.45, 7) is 0.267. The standard InChI is InChI=1S/C24H22FN3O4/c1-27(2)21(15-5-3-6-17(25)11-15)13-26-22(29)16-8-9-19-20(12-16)24(31)28(23(19)30)14-18-7-4-10-32-18/h3-12,21H,13-14H2,1-2H3,(H,26,29). The molecule has 0 bridgehead atoms. The lowest BCUT2D eigenvalue weighted by Gasteiger charge is -2.25. The van der Waals surface area contributed by atoms with Gasteiger partial charge in [-0.1, -0.05) is 12.1 Å². The predicted molar refractivity (Wildman–Crippen MR) is 115 cm³/mol. The highest BCUT2D eigenvalue weighted by molar-refractivity contribution is 6.22. The molecule has 0 fully saturated rings. The van der Waals surface area contributed by atoms with E-state index >= 15 is 0 Å². The molecule has 32 heavy (non-hydrogen) atoms. The molecule has 2 heterocycles. The Morgan fingerprint density at radius 2 is 1.84 bits per heavy atom. The van der Waals surface area contributed by atoms with E-state index in [-0.39, 0.29) is 47.5 Å². The normalized spacial score (nSPS) is 14.1. The zero-order valence-electron chi connectivity index (χ0n) is 17.7. The molecule has 1 aromatic heterocycles. The number of carbonyl (C=O) groups excluding carboxylic acids is 3. The van der Waals surface area contributed by atoms with Crippen LogP contribution in [-0.2, 0) is 6.54 Å². The highest BCUT2D eigenvalue weighted by Gasteiger charge is 2.36. The van der Waals surface area contributed by atoms with Crippen LogP contribution >= 0.6 is 0 Å². The third-order valence-corrected chi connectivity index (χ3v) is 5.44. The summed E-state index contributed by atoms with van der Waals surface area (Å²) in [5.74, 6) is -1.14. The lowest BCUT2D eigenvalue weighted by atomic mass is 10.0. The number of imide groups is 1. The van der Waals surface area contributed by atoms with Crippen molar-refractivity contribution in [1.82, 2.24) is 15.1 Å². The van der Waals surface area contributed by atoms with Gasteiger partial charge in [-0.05, 0) is 62.1 Å². The fourth-order valence-corrected chi connectivity index (χ4v) is 3.74. The van der Waals surface area contributed by atoms with E-state index in [0.717, 1.165) is 10.5 Å². The third kappa shape index (κ3) is 4.17. The summed E-state index contributed by atoms with van der Waals surface area (Å²) >= 11 is 0. The molecule has 3 aromatic rings. The van der Waals surface area contributed by atoms with Gasteiger partial charge in [-0.2, -0.15) is 0 Å². The molecule has 1 unspecified atom stereocenters. The molecule has 0 radical (unpaired) electrons. The molecule has 0 spiro atoms. The summed E-state index contributed by atoms with van der Waals surface area (Å²) in [5.41, 5.74) is 1.44. The molecule has 2 aromatic carbocycles. The molecular formula is C24H22FN3O4. The topological polar surface area (TPSA) is 82.9 Å². The SMILES string of the molecule is CN(C)C(CNC(=O)c1ccc2c(c1)C(=O)N(Cc1ccco1)C2=O)c1cccc(F)c1. The number of halogens is 1. The van der Waals surface area contributed by atoms with Gasteiger partial charge in [-0.15, -0.1) is 0 Å². The maximum absolute atomic E-state index is 13.6. The first kappa shape index (κ1) is 21.5. The van der Waals surface area contributed by atoms with Gasteiger partial charge in [0.2, 0.25) is 0 Å². The number of hydrogen-bond donors (Lipinski definition) is 1. The van der Waals surface area contributed by atoms with E-state index in [2.05, 4.69) is 5.32 Å². The first-order valence-electron chi connectivity index (χ1n) is 10.1. The molecule has 0 saturated carbocycles. The molecule has 3 amide bonds. The first-order chi connectivity index (χ1) is 15.3. The zero-order chi connectivity index (χ0) is 22.8. The molecule has 1 N–H and O–H groups in total. The number of hydrogen-bond acceptors (Lipinski definition) is 5. The lowest BCUT2D eigenvalue weighted by Crippen LogP contribution is -2.34. The molecule has 8 heteroatoms. The summed E-state index contributed by atoms with van der Waals surface area (Å²) in [4.78, 5) is 41.1. The van der Waals surface area contributed by atoms with E-state index in [1.807, 2.05) is 19.0 Å². The van der Waals surface area contributed by atoms with Crippen LogP contribution in [0.1, 0.15) is 48.4 Å². The van der Waals surface area contributed by atoms with Gasteiger partial charge < -0.3 is 14.6 Å². The Balaban J connectivity index is 1.48. The second-order valence-corrected chi connectivity index (χ2v) is 7.78. The average molecular weight is 435 g/mol. The molecule has 164 valence electrons. The Labute approximate surface area is 184 Å². The number of nitrogens with zero attached hydrogens (tertiary/aromatic N) is 2. The van der Waals surface area contributed by atoms with Crippen LogP contribution in [0.25, 0.3) is 0 Å². The maximum atomic E-state index is 13.6. The Morgan fingerprint density at radius 3 is 2.53 bits per heavy atom. The quantitative estimate of drug-likeness (QED) is 0.576. The van der Waals surface area contributed by atoms with Crippen molar-refractivity contribution < 1.29 is 23.2 Å². The molecule has 0 saturated heterocycles. The van der Waals surface area contributed by atoms with E-state index in [1.165, 1.54) is 36.6 Å². The molecule has 1 aliphatic rings. The summed E-state index contributed by atoms with van der Waals surface area (Å²) in [7, 11) is 3.68. The van der Waals surface area contributed by atoms with E-state index in [9.17, 15) is 18.8 Å². The number of rotatable bonds is 7. The number of likely N-dealkylation sites (N-methyl/N-ethyl adjacent to an activating group) is 1. The fourth-order valence-electron chi connectivity index (χ4n) is 3.74. The van der Waals surface area contributed by atoms with Gasteiger partial charge in [0.1, 0.15) is 11.6 Å². The summed E-state index contributed by atoms with van der Waals surface area (Å²) in [6.07, 6.45) is 1.47. The van der Waals surface area contributed by atoms with Gasteiger partial charge in [0.25, 0.3) is 17.7 Å². The molecule has 1 aliphatic heterocycles. The smallest absolute Gasteiger partial charge is 0.261 e. The van der Waals surface area contributed by atoms with Crippen molar-refractivity contribution in [3.63, 3.8) is 0 Å². The Bertz CT molecular complexity index is 1170. The number of nitrogens with one attached hydrogen (secondary N) is 1.